The molecule has 0 aliphatic carbocycles. The maximum absolute atomic E-state index is 6.54. The Kier molecular flexibility index (Phi) is 5.54. The van der Waals surface area contributed by atoms with Crippen molar-refractivity contribution < 1.29 is 0 Å². The van der Waals surface area contributed by atoms with E-state index in [1.54, 1.807) is 0 Å². The van der Waals surface area contributed by atoms with Crippen LogP contribution >= 0.6 is 39.1 Å². The predicted molar refractivity (Wildman–Crippen MR) is 91.8 cm³/mol. The van der Waals surface area contributed by atoms with Crippen molar-refractivity contribution in [3.8, 4) is 0 Å². The highest BCUT2D eigenvalue weighted by atomic mass is 79.9. The van der Waals surface area contributed by atoms with Gasteiger partial charge in [-0.15, -0.1) is 11.6 Å². The zero-order valence-corrected chi connectivity index (χ0v) is 14.6. The van der Waals surface area contributed by atoms with Crippen molar-refractivity contribution in [2.75, 3.05) is 0 Å². The Morgan fingerprint density at radius 2 is 1.60 bits per heavy atom. The highest BCUT2D eigenvalue weighted by molar-refractivity contribution is 9.10. The Balaban J connectivity index is 2.20. The van der Waals surface area contributed by atoms with Crippen LogP contribution in [0.1, 0.15) is 35.9 Å². The molecule has 0 bridgehead atoms. The van der Waals surface area contributed by atoms with Gasteiger partial charge < -0.3 is 0 Å². The van der Waals surface area contributed by atoms with E-state index in [4.69, 9.17) is 23.2 Å². The lowest BCUT2D eigenvalue weighted by atomic mass is 9.99. The van der Waals surface area contributed by atoms with Crippen LogP contribution in [0.2, 0.25) is 5.02 Å². The SMILES string of the molecule is CC(C)Cc1ccc(C(Cl)c2ccc(Br)c(Cl)c2)cc1. The van der Waals surface area contributed by atoms with Gasteiger partial charge in [-0.2, -0.15) is 0 Å². The summed E-state index contributed by atoms with van der Waals surface area (Å²) in [6.07, 6.45) is 1.09. The van der Waals surface area contributed by atoms with E-state index >= 15 is 0 Å². The first-order valence-corrected chi connectivity index (χ1v) is 8.26. The second-order valence-corrected chi connectivity index (χ2v) is 7.07. The fourth-order valence-corrected chi connectivity index (χ4v) is 2.87. The van der Waals surface area contributed by atoms with Gasteiger partial charge in [0, 0.05) is 4.47 Å². The molecule has 0 aliphatic heterocycles. The van der Waals surface area contributed by atoms with Crippen LogP contribution in [-0.2, 0) is 6.42 Å². The van der Waals surface area contributed by atoms with Crippen LogP contribution in [0, 0.1) is 5.92 Å². The summed E-state index contributed by atoms with van der Waals surface area (Å²) in [5, 5.41) is 0.512. The predicted octanol–water partition coefficient (Wildman–Crippen LogP) is 6.63. The topological polar surface area (TPSA) is 0 Å². The number of hydrogen-bond donors (Lipinski definition) is 0. The standard InChI is InChI=1S/C17H17BrCl2/c1-11(2)9-12-3-5-13(6-4-12)17(20)14-7-8-15(18)16(19)10-14/h3-8,10-11,17H,9H2,1-2H3. The highest BCUT2D eigenvalue weighted by Gasteiger charge is 2.12. The van der Waals surface area contributed by atoms with Gasteiger partial charge in [0.15, 0.2) is 0 Å². The molecule has 1 atom stereocenters. The molecular formula is C17H17BrCl2. The number of halogens is 3. The lowest BCUT2D eigenvalue weighted by Gasteiger charge is -2.12. The van der Waals surface area contributed by atoms with E-state index in [9.17, 15) is 0 Å². The normalized spacial score (nSPS) is 12.7. The number of alkyl halides is 1. The van der Waals surface area contributed by atoms with Crippen LogP contribution in [-0.4, -0.2) is 0 Å². The monoisotopic (exact) mass is 370 g/mol. The Bertz CT molecular complexity index is 576. The number of rotatable bonds is 4. The van der Waals surface area contributed by atoms with Crippen LogP contribution in [0.3, 0.4) is 0 Å². The Labute approximate surface area is 139 Å². The van der Waals surface area contributed by atoms with Crippen LogP contribution in [0.25, 0.3) is 0 Å². The van der Waals surface area contributed by atoms with E-state index in [0.29, 0.717) is 10.9 Å². The summed E-state index contributed by atoms with van der Waals surface area (Å²) in [6, 6.07) is 14.4. The third-order valence-corrected chi connectivity index (χ3v) is 4.89. The van der Waals surface area contributed by atoms with Crippen molar-refractivity contribution in [1.29, 1.82) is 0 Å². The average Bonchev–Trinajstić information content (AvgIpc) is 2.41. The zero-order chi connectivity index (χ0) is 14.7. The van der Waals surface area contributed by atoms with Gasteiger partial charge in [-0.25, -0.2) is 0 Å². The molecule has 0 amide bonds. The summed E-state index contributed by atoms with van der Waals surface area (Å²) in [5.41, 5.74) is 3.45. The first kappa shape index (κ1) is 15.9. The molecule has 0 nitrogen and oxygen atoms in total. The number of benzene rings is 2. The van der Waals surface area contributed by atoms with Crippen molar-refractivity contribution >= 4 is 39.1 Å². The largest absolute Gasteiger partial charge is 0.113 e. The van der Waals surface area contributed by atoms with E-state index in [1.165, 1.54) is 5.56 Å². The van der Waals surface area contributed by atoms with Crippen molar-refractivity contribution in [2.24, 2.45) is 5.92 Å². The first-order valence-electron chi connectivity index (χ1n) is 6.65. The first-order chi connectivity index (χ1) is 9.47. The third-order valence-electron chi connectivity index (χ3n) is 3.15. The molecular weight excluding hydrogens is 355 g/mol. The van der Waals surface area contributed by atoms with Crippen molar-refractivity contribution in [3.05, 3.63) is 68.7 Å². The van der Waals surface area contributed by atoms with Crippen molar-refractivity contribution in [3.63, 3.8) is 0 Å². The second kappa shape index (κ2) is 6.98. The van der Waals surface area contributed by atoms with Gasteiger partial charge in [-0.05, 0) is 57.1 Å². The number of hydrogen-bond acceptors (Lipinski definition) is 0. The molecule has 0 N–H and O–H groups in total. The molecule has 2 rings (SSSR count). The zero-order valence-electron chi connectivity index (χ0n) is 11.5. The molecule has 0 saturated heterocycles. The average molecular weight is 372 g/mol. The van der Waals surface area contributed by atoms with Crippen LogP contribution in [0.5, 0.6) is 0 Å². The van der Waals surface area contributed by atoms with Gasteiger partial charge in [0.05, 0.1) is 10.4 Å². The summed E-state index contributed by atoms with van der Waals surface area (Å²) in [6.45, 7) is 4.45. The maximum atomic E-state index is 6.54. The molecule has 2 aromatic carbocycles. The van der Waals surface area contributed by atoms with Gasteiger partial charge >= 0.3 is 0 Å². The van der Waals surface area contributed by atoms with E-state index in [2.05, 4.69) is 54.0 Å². The van der Waals surface area contributed by atoms with Gasteiger partial charge in [0.25, 0.3) is 0 Å². The third kappa shape index (κ3) is 4.00. The minimum atomic E-state index is -0.173. The summed E-state index contributed by atoms with van der Waals surface area (Å²) in [5.74, 6) is 0.665. The molecule has 2 aromatic rings. The van der Waals surface area contributed by atoms with Crippen LogP contribution < -0.4 is 0 Å². The maximum Gasteiger partial charge on any atom is 0.0835 e. The van der Waals surface area contributed by atoms with E-state index in [1.807, 2.05) is 18.2 Å². The summed E-state index contributed by atoms with van der Waals surface area (Å²) in [4.78, 5) is 0. The van der Waals surface area contributed by atoms with Crippen molar-refractivity contribution in [2.45, 2.75) is 25.6 Å². The molecule has 0 saturated carbocycles. The van der Waals surface area contributed by atoms with Crippen LogP contribution in [0.15, 0.2) is 46.9 Å². The minimum absolute atomic E-state index is 0.173. The highest BCUT2D eigenvalue weighted by Crippen LogP contribution is 2.33. The molecule has 0 fully saturated rings. The molecule has 0 aliphatic rings. The molecule has 1 unspecified atom stereocenters. The molecule has 3 heteroatoms. The quantitative estimate of drug-likeness (QED) is 0.529. The van der Waals surface area contributed by atoms with E-state index in [-0.39, 0.29) is 5.38 Å². The molecule has 0 heterocycles. The summed E-state index contributed by atoms with van der Waals surface area (Å²) < 4.78 is 0.888. The molecule has 0 spiro atoms. The smallest absolute Gasteiger partial charge is 0.0835 e. The van der Waals surface area contributed by atoms with Crippen LogP contribution in [0.4, 0.5) is 0 Å². The Morgan fingerprint density at radius 3 is 2.15 bits per heavy atom. The van der Waals surface area contributed by atoms with Crippen molar-refractivity contribution in [1.82, 2.24) is 0 Å². The lowest BCUT2D eigenvalue weighted by Crippen LogP contribution is -1.96. The van der Waals surface area contributed by atoms with Gasteiger partial charge in [0.2, 0.25) is 0 Å². The fraction of sp³-hybridized carbons (Fsp3) is 0.294. The lowest BCUT2D eigenvalue weighted by molar-refractivity contribution is 0.647. The molecule has 106 valence electrons. The van der Waals surface area contributed by atoms with Gasteiger partial charge in [-0.3, -0.25) is 0 Å². The Hall–Kier alpha value is -0.500. The summed E-state index contributed by atoms with van der Waals surface area (Å²) in [7, 11) is 0. The Morgan fingerprint density at radius 1 is 1.00 bits per heavy atom. The second-order valence-electron chi connectivity index (χ2n) is 5.38. The van der Waals surface area contributed by atoms with Gasteiger partial charge in [0.1, 0.15) is 0 Å². The molecule has 0 aromatic heterocycles. The fourth-order valence-electron chi connectivity index (χ4n) is 2.16. The molecule has 0 radical (unpaired) electrons. The van der Waals surface area contributed by atoms with E-state index in [0.717, 1.165) is 22.0 Å². The summed E-state index contributed by atoms with van der Waals surface area (Å²) >= 11 is 16.1. The minimum Gasteiger partial charge on any atom is -0.113 e. The van der Waals surface area contributed by atoms with Gasteiger partial charge in [-0.1, -0.05) is 55.8 Å². The van der Waals surface area contributed by atoms with E-state index < -0.39 is 0 Å². The molecule has 20 heavy (non-hydrogen) atoms.